The number of benzene rings is 1. The maximum absolute atomic E-state index is 9.16. The first-order valence-electron chi connectivity index (χ1n) is 6.63. The minimum atomic E-state index is -0.231. The maximum Gasteiger partial charge on any atom is 0.179 e. The summed E-state index contributed by atoms with van der Waals surface area (Å²) in [5.41, 5.74) is 1.08. The Morgan fingerprint density at radius 2 is 2.16 bits per heavy atom. The second-order valence-corrected chi connectivity index (χ2v) is 5.18. The summed E-state index contributed by atoms with van der Waals surface area (Å²) in [7, 11) is 0. The van der Waals surface area contributed by atoms with Crippen LogP contribution < -0.4 is 14.8 Å². The van der Waals surface area contributed by atoms with Gasteiger partial charge in [-0.25, -0.2) is 0 Å². The van der Waals surface area contributed by atoms with Crippen molar-refractivity contribution in [1.82, 2.24) is 5.32 Å². The largest absolute Gasteiger partial charge is 0.486 e. The Morgan fingerprint density at radius 1 is 1.37 bits per heavy atom. The lowest BCUT2D eigenvalue weighted by molar-refractivity contribution is 0.171. The van der Waals surface area contributed by atoms with Crippen LogP contribution in [0.15, 0.2) is 12.1 Å². The Hall–Kier alpha value is -0.970. The molecule has 1 aliphatic rings. The summed E-state index contributed by atoms with van der Waals surface area (Å²) in [4.78, 5) is 0. The molecule has 1 unspecified atom stereocenters. The van der Waals surface area contributed by atoms with E-state index in [0.29, 0.717) is 24.0 Å². The van der Waals surface area contributed by atoms with Gasteiger partial charge in [0.1, 0.15) is 13.2 Å². The molecule has 0 aromatic heterocycles. The summed E-state index contributed by atoms with van der Waals surface area (Å²) in [6.45, 7) is 4.52. The Morgan fingerprint density at radius 3 is 2.95 bits per heavy atom. The molecule has 0 radical (unpaired) electrons. The summed E-state index contributed by atoms with van der Waals surface area (Å²) in [5.74, 6) is 1.37. The molecular formula is C14H20ClNO3. The van der Waals surface area contributed by atoms with Gasteiger partial charge >= 0.3 is 0 Å². The average Bonchev–Trinajstić information content (AvgIpc) is 2.38. The number of hydrogen-bond donors (Lipinski definition) is 2. The number of halogens is 1. The van der Waals surface area contributed by atoms with Gasteiger partial charge in [-0.2, -0.15) is 0 Å². The highest BCUT2D eigenvalue weighted by Gasteiger charge is 2.16. The molecule has 1 aromatic carbocycles. The van der Waals surface area contributed by atoms with Crippen molar-refractivity contribution in [3.05, 3.63) is 22.7 Å². The van der Waals surface area contributed by atoms with Gasteiger partial charge in [-0.05, 0) is 44.0 Å². The zero-order chi connectivity index (χ0) is 13.7. The summed E-state index contributed by atoms with van der Waals surface area (Å²) >= 11 is 6.16. The van der Waals surface area contributed by atoms with Crippen molar-refractivity contribution in [3.8, 4) is 11.5 Å². The van der Waals surface area contributed by atoms with Gasteiger partial charge in [-0.1, -0.05) is 11.6 Å². The number of ether oxygens (including phenoxy) is 2. The SMILES string of the molecule is CC(O)CCCNCc1cc(Cl)c2c(c1)OCCO2. The van der Waals surface area contributed by atoms with Crippen LogP contribution in [-0.4, -0.2) is 31.0 Å². The Kier molecular flexibility index (Phi) is 5.31. The minimum absolute atomic E-state index is 0.231. The average molecular weight is 286 g/mol. The van der Waals surface area contributed by atoms with Gasteiger partial charge in [0, 0.05) is 6.54 Å². The quantitative estimate of drug-likeness (QED) is 0.788. The molecule has 1 aliphatic heterocycles. The van der Waals surface area contributed by atoms with E-state index in [1.165, 1.54) is 0 Å². The van der Waals surface area contributed by atoms with Gasteiger partial charge in [0.2, 0.25) is 0 Å². The highest BCUT2D eigenvalue weighted by Crippen LogP contribution is 2.38. The topological polar surface area (TPSA) is 50.7 Å². The molecule has 1 atom stereocenters. The fourth-order valence-corrected chi connectivity index (χ4v) is 2.31. The van der Waals surface area contributed by atoms with Gasteiger partial charge in [-0.3, -0.25) is 0 Å². The molecule has 1 aromatic rings. The highest BCUT2D eigenvalue weighted by atomic mass is 35.5. The van der Waals surface area contributed by atoms with Crippen LogP contribution in [0, 0.1) is 0 Å². The highest BCUT2D eigenvalue weighted by molar-refractivity contribution is 6.32. The monoisotopic (exact) mass is 285 g/mol. The first-order valence-corrected chi connectivity index (χ1v) is 7.01. The first-order chi connectivity index (χ1) is 9.16. The predicted molar refractivity (Wildman–Crippen MR) is 75.1 cm³/mol. The van der Waals surface area contributed by atoms with Gasteiger partial charge in [0.15, 0.2) is 11.5 Å². The number of hydrogen-bond acceptors (Lipinski definition) is 4. The van der Waals surface area contributed by atoms with Crippen LogP contribution in [0.5, 0.6) is 11.5 Å². The van der Waals surface area contributed by atoms with Crippen LogP contribution in [0.4, 0.5) is 0 Å². The lowest BCUT2D eigenvalue weighted by Crippen LogP contribution is -2.18. The molecule has 0 bridgehead atoms. The Bertz CT molecular complexity index is 423. The van der Waals surface area contributed by atoms with Crippen LogP contribution in [0.1, 0.15) is 25.3 Å². The second kappa shape index (κ2) is 6.98. The van der Waals surface area contributed by atoms with Gasteiger partial charge in [0.25, 0.3) is 0 Å². The van der Waals surface area contributed by atoms with Gasteiger partial charge < -0.3 is 19.9 Å². The number of aliphatic hydroxyl groups is 1. The number of aliphatic hydroxyl groups excluding tert-OH is 1. The number of fused-ring (bicyclic) bond motifs is 1. The third-order valence-electron chi connectivity index (χ3n) is 2.96. The number of rotatable bonds is 6. The fourth-order valence-electron chi connectivity index (χ4n) is 2.02. The summed E-state index contributed by atoms with van der Waals surface area (Å²) in [6.07, 6.45) is 1.54. The zero-order valence-electron chi connectivity index (χ0n) is 11.1. The fraction of sp³-hybridized carbons (Fsp3) is 0.571. The van der Waals surface area contributed by atoms with E-state index in [1.54, 1.807) is 6.92 Å². The van der Waals surface area contributed by atoms with Crippen molar-refractivity contribution in [3.63, 3.8) is 0 Å². The molecule has 4 nitrogen and oxygen atoms in total. The van der Waals surface area contributed by atoms with Gasteiger partial charge in [-0.15, -0.1) is 0 Å². The molecule has 0 saturated carbocycles. The third kappa shape index (κ3) is 4.27. The van der Waals surface area contributed by atoms with E-state index in [-0.39, 0.29) is 6.10 Å². The van der Waals surface area contributed by atoms with E-state index in [9.17, 15) is 0 Å². The first kappa shape index (κ1) is 14.4. The predicted octanol–water partition coefficient (Wildman–Crippen LogP) is 2.36. The molecule has 2 rings (SSSR count). The Balaban J connectivity index is 1.85. The van der Waals surface area contributed by atoms with Gasteiger partial charge in [0.05, 0.1) is 11.1 Å². The standard InChI is InChI=1S/C14H20ClNO3/c1-10(17)3-2-4-16-9-11-7-12(15)14-13(8-11)18-5-6-19-14/h7-8,10,16-17H,2-6,9H2,1H3. The summed E-state index contributed by atoms with van der Waals surface area (Å²) in [6, 6.07) is 3.86. The van der Waals surface area contributed by atoms with Crippen LogP contribution >= 0.6 is 11.6 Å². The molecule has 0 amide bonds. The van der Waals surface area contributed by atoms with Crippen molar-refractivity contribution in [2.75, 3.05) is 19.8 Å². The van der Waals surface area contributed by atoms with E-state index < -0.39 is 0 Å². The molecule has 0 fully saturated rings. The van der Waals surface area contributed by atoms with Crippen molar-refractivity contribution in [1.29, 1.82) is 0 Å². The van der Waals surface area contributed by atoms with E-state index in [2.05, 4.69) is 5.32 Å². The zero-order valence-corrected chi connectivity index (χ0v) is 11.9. The molecule has 19 heavy (non-hydrogen) atoms. The van der Waals surface area contributed by atoms with Crippen LogP contribution in [-0.2, 0) is 6.54 Å². The van der Waals surface area contributed by atoms with Crippen molar-refractivity contribution >= 4 is 11.6 Å². The molecule has 1 heterocycles. The van der Waals surface area contributed by atoms with E-state index in [0.717, 1.165) is 37.2 Å². The van der Waals surface area contributed by atoms with E-state index in [1.807, 2.05) is 12.1 Å². The van der Waals surface area contributed by atoms with Crippen LogP contribution in [0.2, 0.25) is 5.02 Å². The lowest BCUT2D eigenvalue weighted by Gasteiger charge is -2.20. The second-order valence-electron chi connectivity index (χ2n) is 4.77. The molecule has 0 saturated heterocycles. The van der Waals surface area contributed by atoms with E-state index in [4.69, 9.17) is 26.2 Å². The number of nitrogens with one attached hydrogen (secondary N) is 1. The smallest absolute Gasteiger partial charge is 0.179 e. The minimum Gasteiger partial charge on any atom is -0.486 e. The summed E-state index contributed by atoms with van der Waals surface area (Å²) < 4.78 is 11.0. The van der Waals surface area contributed by atoms with Crippen molar-refractivity contribution < 1.29 is 14.6 Å². The maximum atomic E-state index is 9.16. The molecular weight excluding hydrogens is 266 g/mol. The Labute approximate surface area is 118 Å². The van der Waals surface area contributed by atoms with Crippen LogP contribution in [0.25, 0.3) is 0 Å². The molecule has 5 heteroatoms. The molecule has 0 spiro atoms. The normalized spacial score (nSPS) is 15.3. The van der Waals surface area contributed by atoms with Crippen molar-refractivity contribution in [2.45, 2.75) is 32.4 Å². The molecule has 106 valence electrons. The lowest BCUT2D eigenvalue weighted by atomic mass is 10.2. The third-order valence-corrected chi connectivity index (χ3v) is 3.24. The molecule has 0 aliphatic carbocycles. The molecule has 2 N–H and O–H groups in total. The van der Waals surface area contributed by atoms with Crippen molar-refractivity contribution in [2.24, 2.45) is 0 Å². The van der Waals surface area contributed by atoms with Crippen LogP contribution in [0.3, 0.4) is 0 Å². The van der Waals surface area contributed by atoms with E-state index >= 15 is 0 Å². The summed E-state index contributed by atoms with van der Waals surface area (Å²) in [5, 5.41) is 13.1.